The molecule has 0 aromatic heterocycles. The molecule has 0 saturated heterocycles. The fourth-order valence-electron chi connectivity index (χ4n) is 3.61. The van der Waals surface area contributed by atoms with Crippen molar-refractivity contribution in [2.24, 2.45) is 10.2 Å². The molecule has 4 rings (SSSR count). The number of hydrogen-bond donors (Lipinski definition) is 3. The van der Waals surface area contributed by atoms with Gasteiger partial charge in [0.2, 0.25) is 0 Å². The largest absolute Gasteiger partial charge is 0.505 e. The van der Waals surface area contributed by atoms with E-state index in [4.69, 9.17) is 27.9 Å². The van der Waals surface area contributed by atoms with Gasteiger partial charge in [-0.25, -0.2) is 0 Å². The van der Waals surface area contributed by atoms with Gasteiger partial charge in [-0.05, 0) is 54.3 Å². The lowest BCUT2D eigenvalue weighted by Crippen LogP contribution is -2.12. The van der Waals surface area contributed by atoms with Crippen molar-refractivity contribution in [1.82, 2.24) is 0 Å². The highest BCUT2D eigenvalue weighted by Crippen LogP contribution is 2.40. The highest BCUT2D eigenvalue weighted by molar-refractivity contribution is 7.85. The number of amides is 1. The molecular weight excluding hydrogens is 541 g/mol. The van der Waals surface area contributed by atoms with Gasteiger partial charge in [-0.3, -0.25) is 9.35 Å². The molecule has 12 heteroatoms. The van der Waals surface area contributed by atoms with E-state index >= 15 is 0 Å². The van der Waals surface area contributed by atoms with Crippen LogP contribution in [0, 0.1) is 6.92 Å². The summed E-state index contributed by atoms with van der Waals surface area (Å²) in [4.78, 5) is 12.7. The van der Waals surface area contributed by atoms with E-state index in [1.807, 2.05) is 0 Å². The molecular formula is C25H19Cl2N3O6S. The number of benzene rings is 4. The standard InChI is InChI=1S/C25H19Cl2N3O6S/c1-13-19(26)11-16(12-22(13)37(33,34)35)29-30-23-17-6-4-3-5-14(17)9-18(24(23)31)25(32)28-15-7-8-21(36-2)20(27)10-15/h3-12,31H,1-2H3,(H,28,32)(H,33,34,35). The maximum Gasteiger partial charge on any atom is 0.294 e. The van der Waals surface area contributed by atoms with Crippen molar-refractivity contribution in [1.29, 1.82) is 0 Å². The average molecular weight is 560 g/mol. The van der Waals surface area contributed by atoms with Crippen LogP contribution >= 0.6 is 23.2 Å². The summed E-state index contributed by atoms with van der Waals surface area (Å²) in [5.74, 6) is -0.648. The number of phenolic OH excluding ortho intramolecular Hbond substituents is 1. The van der Waals surface area contributed by atoms with Crippen molar-refractivity contribution in [2.45, 2.75) is 11.8 Å². The third kappa shape index (κ3) is 5.52. The number of nitrogens with one attached hydrogen (secondary N) is 1. The van der Waals surface area contributed by atoms with Crippen LogP contribution in [0.3, 0.4) is 0 Å². The number of ether oxygens (including phenoxy) is 1. The molecule has 3 N–H and O–H groups in total. The fraction of sp³-hybridized carbons (Fsp3) is 0.0800. The minimum Gasteiger partial charge on any atom is -0.505 e. The van der Waals surface area contributed by atoms with Gasteiger partial charge in [-0.15, -0.1) is 5.11 Å². The van der Waals surface area contributed by atoms with Crippen molar-refractivity contribution >= 4 is 67.1 Å². The first-order chi connectivity index (χ1) is 17.5. The number of anilines is 1. The molecule has 0 aliphatic carbocycles. The summed E-state index contributed by atoms with van der Waals surface area (Å²) < 4.78 is 38.0. The van der Waals surface area contributed by atoms with E-state index in [-0.39, 0.29) is 27.5 Å². The summed E-state index contributed by atoms with van der Waals surface area (Å²) in [6, 6.07) is 15.5. The van der Waals surface area contributed by atoms with Gasteiger partial charge < -0.3 is 15.2 Å². The first-order valence-electron chi connectivity index (χ1n) is 10.6. The number of methoxy groups -OCH3 is 1. The number of azo groups is 1. The van der Waals surface area contributed by atoms with Crippen LogP contribution in [0.2, 0.25) is 10.0 Å². The first kappa shape index (κ1) is 26.4. The summed E-state index contributed by atoms with van der Waals surface area (Å²) in [6.07, 6.45) is 0. The van der Waals surface area contributed by atoms with Crippen molar-refractivity contribution in [3.8, 4) is 11.5 Å². The molecule has 0 aliphatic heterocycles. The molecule has 0 spiro atoms. The minimum atomic E-state index is -4.57. The SMILES string of the molecule is COc1ccc(NC(=O)c2cc3ccccc3c(N=Nc3cc(Cl)c(C)c(S(=O)(=O)O)c3)c2O)cc1Cl. The number of carbonyl (C=O) groups excluding carboxylic acids is 1. The molecule has 0 bridgehead atoms. The van der Waals surface area contributed by atoms with Gasteiger partial charge in [0.05, 0.1) is 23.4 Å². The van der Waals surface area contributed by atoms with Gasteiger partial charge in [-0.1, -0.05) is 47.5 Å². The average Bonchev–Trinajstić information content (AvgIpc) is 2.84. The third-order valence-electron chi connectivity index (χ3n) is 5.47. The number of fused-ring (bicyclic) bond motifs is 1. The van der Waals surface area contributed by atoms with E-state index in [1.165, 1.54) is 32.2 Å². The second-order valence-electron chi connectivity index (χ2n) is 7.87. The number of phenols is 1. The molecule has 1 amide bonds. The maximum atomic E-state index is 13.1. The number of rotatable bonds is 6. The molecule has 0 radical (unpaired) electrons. The van der Waals surface area contributed by atoms with E-state index < -0.39 is 26.7 Å². The van der Waals surface area contributed by atoms with Crippen LogP contribution in [0.4, 0.5) is 17.1 Å². The van der Waals surface area contributed by atoms with E-state index in [1.54, 1.807) is 36.4 Å². The van der Waals surface area contributed by atoms with Crippen LogP contribution in [0.25, 0.3) is 10.8 Å². The van der Waals surface area contributed by atoms with Crippen molar-refractivity contribution < 1.29 is 27.6 Å². The van der Waals surface area contributed by atoms with Crippen LogP contribution < -0.4 is 10.1 Å². The Kier molecular flexibility index (Phi) is 7.37. The van der Waals surface area contributed by atoms with Gasteiger partial charge in [0, 0.05) is 16.1 Å². The Morgan fingerprint density at radius 1 is 1.00 bits per heavy atom. The second kappa shape index (κ2) is 10.3. The molecule has 4 aromatic carbocycles. The Hall–Kier alpha value is -3.70. The Labute approximate surface area is 222 Å². The van der Waals surface area contributed by atoms with Gasteiger partial charge in [0.1, 0.15) is 16.3 Å². The maximum absolute atomic E-state index is 13.1. The molecule has 9 nitrogen and oxygen atoms in total. The first-order valence-corrected chi connectivity index (χ1v) is 12.8. The Morgan fingerprint density at radius 2 is 1.73 bits per heavy atom. The Bertz CT molecular complexity index is 1690. The second-order valence-corrected chi connectivity index (χ2v) is 10.1. The number of aromatic hydroxyl groups is 1. The van der Waals surface area contributed by atoms with E-state index in [2.05, 4.69) is 15.5 Å². The molecule has 0 heterocycles. The van der Waals surface area contributed by atoms with Crippen molar-refractivity contribution in [2.75, 3.05) is 12.4 Å². The van der Waals surface area contributed by atoms with Gasteiger partial charge >= 0.3 is 0 Å². The normalized spacial score (nSPS) is 11.7. The van der Waals surface area contributed by atoms with Gasteiger partial charge in [-0.2, -0.15) is 13.5 Å². The molecule has 0 atom stereocenters. The monoisotopic (exact) mass is 559 g/mol. The van der Waals surface area contributed by atoms with Gasteiger partial charge in [0.25, 0.3) is 16.0 Å². The molecule has 190 valence electrons. The summed E-state index contributed by atoms with van der Waals surface area (Å²) >= 11 is 12.2. The zero-order chi connectivity index (χ0) is 26.9. The highest BCUT2D eigenvalue weighted by Gasteiger charge is 2.20. The lowest BCUT2D eigenvalue weighted by molar-refractivity contribution is 0.102. The van der Waals surface area contributed by atoms with Crippen molar-refractivity contribution in [3.63, 3.8) is 0 Å². The van der Waals surface area contributed by atoms with E-state index in [0.717, 1.165) is 6.07 Å². The zero-order valence-corrected chi connectivity index (χ0v) is 21.7. The van der Waals surface area contributed by atoms with Crippen LogP contribution in [0.1, 0.15) is 15.9 Å². The van der Waals surface area contributed by atoms with Crippen LogP contribution in [-0.2, 0) is 10.1 Å². The van der Waals surface area contributed by atoms with Gasteiger partial charge in [0.15, 0.2) is 5.75 Å². The fourth-order valence-corrected chi connectivity index (χ4v) is 4.90. The Morgan fingerprint density at radius 3 is 2.41 bits per heavy atom. The van der Waals surface area contributed by atoms with Crippen molar-refractivity contribution in [3.05, 3.63) is 81.8 Å². The lowest BCUT2D eigenvalue weighted by atomic mass is 10.0. The lowest BCUT2D eigenvalue weighted by Gasteiger charge is -2.12. The van der Waals surface area contributed by atoms with Crippen LogP contribution in [0.5, 0.6) is 11.5 Å². The number of hydrogen-bond acceptors (Lipinski definition) is 7. The highest BCUT2D eigenvalue weighted by atomic mass is 35.5. The summed E-state index contributed by atoms with van der Waals surface area (Å²) in [5, 5.41) is 23.2. The Balaban J connectivity index is 1.78. The van der Waals surface area contributed by atoms with Crippen LogP contribution in [0.15, 0.2) is 75.8 Å². The molecule has 4 aromatic rings. The number of carbonyl (C=O) groups is 1. The summed E-state index contributed by atoms with van der Waals surface area (Å²) in [6.45, 7) is 1.43. The van der Waals surface area contributed by atoms with E-state index in [0.29, 0.717) is 27.2 Å². The molecule has 0 fully saturated rings. The molecule has 37 heavy (non-hydrogen) atoms. The topological polar surface area (TPSA) is 138 Å². The molecule has 0 aliphatic rings. The molecule has 0 unspecified atom stereocenters. The smallest absolute Gasteiger partial charge is 0.294 e. The predicted octanol–water partition coefficient (Wildman–Crippen LogP) is 7.08. The quantitative estimate of drug-likeness (QED) is 0.170. The number of halogens is 2. The zero-order valence-electron chi connectivity index (χ0n) is 19.4. The summed E-state index contributed by atoms with van der Waals surface area (Å²) in [7, 11) is -3.10. The third-order valence-corrected chi connectivity index (χ3v) is 7.14. The van der Waals surface area contributed by atoms with Crippen LogP contribution in [-0.4, -0.2) is 31.1 Å². The van der Waals surface area contributed by atoms with E-state index in [9.17, 15) is 22.9 Å². The molecule has 0 saturated carbocycles. The predicted molar refractivity (Wildman–Crippen MR) is 142 cm³/mol. The summed E-state index contributed by atoms with van der Waals surface area (Å²) in [5.41, 5.74) is 0.419. The number of nitrogens with zero attached hydrogens (tertiary/aromatic N) is 2. The minimum absolute atomic E-state index is 0.00874.